The molecule has 0 aliphatic carbocycles. The molecule has 0 N–H and O–H groups in total. The number of nitrogens with zero attached hydrogens (tertiary/aromatic N) is 2. The van der Waals surface area contributed by atoms with Gasteiger partial charge in [0.05, 0.1) is 0 Å². The Bertz CT molecular complexity index is 126. The van der Waals surface area contributed by atoms with Crippen LogP contribution in [0.2, 0.25) is 0 Å². The summed E-state index contributed by atoms with van der Waals surface area (Å²) in [5.41, 5.74) is 0.282. The number of thioether (sulfide) groups is 1. The zero-order valence-electron chi connectivity index (χ0n) is 6.09. The number of hydrogen-bond acceptors (Lipinski definition) is 3. The van der Waals surface area contributed by atoms with E-state index >= 15 is 0 Å². The maximum Gasteiger partial charge on any atom is 0.123 e. The molecule has 9 heavy (non-hydrogen) atoms. The van der Waals surface area contributed by atoms with E-state index in [0.717, 1.165) is 5.88 Å². The van der Waals surface area contributed by atoms with Gasteiger partial charge in [-0.3, -0.25) is 0 Å². The molecule has 0 saturated heterocycles. The van der Waals surface area contributed by atoms with Crippen molar-refractivity contribution in [3.63, 3.8) is 0 Å². The van der Waals surface area contributed by atoms with Crippen LogP contribution in [-0.2, 0) is 0 Å². The summed E-state index contributed by atoms with van der Waals surface area (Å²) < 4.78 is 0. The summed E-state index contributed by atoms with van der Waals surface area (Å²) in [6.07, 6.45) is 0. The van der Waals surface area contributed by atoms with E-state index in [1.165, 1.54) is 0 Å². The second-order valence-electron chi connectivity index (χ2n) is 3.27. The molecule has 0 radical (unpaired) electrons. The van der Waals surface area contributed by atoms with Crippen LogP contribution in [0.4, 0.5) is 0 Å². The number of hydrogen-bond donors (Lipinski definition) is 0. The summed E-state index contributed by atoms with van der Waals surface area (Å²) in [4.78, 5) is 0. The summed E-state index contributed by atoms with van der Waals surface area (Å²) >= 11 is 1.82. The molecule has 1 rings (SSSR count). The number of rotatable bonds is 0. The second kappa shape index (κ2) is 2.29. The van der Waals surface area contributed by atoms with E-state index in [1.807, 2.05) is 11.8 Å². The van der Waals surface area contributed by atoms with Crippen molar-refractivity contribution < 1.29 is 0 Å². The van der Waals surface area contributed by atoms with E-state index in [1.54, 1.807) is 0 Å². The van der Waals surface area contributed by atoms with Crippen LogP contribution < -0.4 is 0 Å². The van der Waals surface area contributed by atoms with Crippen LogP contribution in [0.5, 0.6) is 0 Å². The maximum atomic E-state index is 4.09. The van der Waals surface area contributed by atoms with Crippen molar-refractivity contribution in [3.8, 4) is 0 Å². The van der Waals surface area contributed by atoms with E-state index in [-0.39, 0.29) is 5.41 Å². The van der Waals surface area contributed by atoms with Gasteiger partial charge in [-0.1, -0.05) is 20.8 Å². The molecule has 0 aromatic rings. The minimum Gasteiger partial charge on any atom is -0.182 e. The van der Waals surface area contributed by atoms with Crippen molar-refractivity contribution in [2.75, 3.05) is 5.88 Å². The van der Waals surface area contributed by atoms with Gasteiger partial charge in [-0.2, -0.15) is 10.2 Å². The molecule has 0 amide bonds. The van der Waals surface area contributed by atoms with Gasteiger partial charge in [-0.15, -0.1) is 11.8 Å². The lowest BCUT2D eigenvalue weighted by Crippen LogP contribution is -2.18. The molecule has 0 spiro atoms. The van der Waals surface area contributed by atoms with E-state index < -0.39 is 0 Å². The third-order valence-electron chi connectivity index (χ3n) is 1.22. The summed E-state index contributed by atoms with van der Waals surface area (Å²) in [6, 6.07) is 0. The second-order valence-corrected chi connectivity index (χ2v) is 4.31. The van der Waals surface area contributed by atoms with E-state index in [9.17, 15) is 0 Å². The van der Waals surface area contributed by atoms with Gasteiger partial charge in [0.2, 0.25) is 0 Å². The smallest absolute Gasteiger partial charge is 0.123 e. The van der Waals surface area contributed by atoms with Crippen LogP contribution >= 0.6 is 11.8 Å². The first kappa shape index (κ1) is 7.06. The van der Waals surface area contributed by atoms with Crippen LogP contribution in [0.25, 0.3) is 0 Å². The summed E-state index contributed by atoms with van der Waals surface area (Å²) in [5.74, 6) is 0.849. The lowest BCUT2D eigenvalue weighted by molar-refractivity contribution is 0.398. The monoisotopic (exact) mass is 144 g/mol. The molecule has 1 aliphatic rings. The topological polar surface area (TPSA) is 24.7 Å². The predicted molar refractivity (Wildman–Crippen MR) is 40.6 cm³/mol. The molecule has 2 nitrogen and oxygen atoms in total. The Hall–Kier alpha value is -0.0500. The highest BCUT2D eigenvalue weighted by Crippen LogP contribution is 2.34. The van der Waals surface area contributed by atoms with Crippen LogP contribution in [0.3, 0.4) is 0 Å². The fraction of sp³-hybridized carbons (Fsp3) is 1.00. The van der Waals surface area contributed by atoms with Crippen molar-refractivity contribution in [3.05, 3.63) is 0 Å². The van der Waals surface area contributed by atoms with Gasteiger partial charge in [0.25, 0.3) is 0 Å². The van der Waals surface area contributed by atoms with Crippen molar-refractivity contribution in [2.45, 2.75) is 26.1 Å². The molecular weight excluding hydrogens is 132 g/mol. The molecule has 0 bridgehead atoms. The lowest BCUT2D eigenvalue weighted by atomic mass is 9.97. The average molecular weight is 144 g/mol. The molecule has 0 aromatic heterocycles. The summed E-state index contributed by atoms with van der Waals surface area (Å²) in [5, 5.41) is 8.40. The SMILES string of the molecule is CC(C)(C)C1N=NCS1. The lowest BCUT2D eigenvalue weighted by Gasteiger charge is -2.21. The first-order valence-corrected chi connectivity index (χ1v) is 4.14. The van der Waals surface area contributed by atoms with E-state index in [2.05, 4.69) is 31.0 Å². The highest BCUT2D eigenvalue weighted by molar-refractivity contribution is 8.00. The summed E-state index contributed by atoms with van der Waals surface area (Å²) in [7, 11) is 0. The minimum atomic E-state index is 0.282. The van der Waals surface area contributed by atoms with Crippen molar-refractivity contribution >= 4 is 11.8 Å². The zero-order chi connectivity index (χ0) is 6.91. The third kappa shape index (κ3) is 1.68. The van der Waals surface area contributed by atoms with Gasteiger partial charge in [-0.25, -0.2) is 0 Å². The highest BCUT2D eigenvalue weighted by Gasteiger charge is 2.26. The Morgan fingerprint density at radius 3 is 2.33 bits per heavy atom. The van der Waals surface area contributed by atoms with Crippen LogP contribution in [0, 0.1) is 5.41 Å². The van der Waals surface area contributed by atoms with Crippen molar-refractivity contribution in [1.29, 1.82) is 0 Å². The molecule has 3 heteroatoms. The average Bonchev–Trinajstić information content (AvgIpc) is 2.08. The van der Waals surface area contributed by atoms with E-state index in [4.69, 9.17) is 0 Å². The molecule has 0 fully saturated rings. The fourth-order valence-corrected chi connectivity index (χ4v) is 1.58. The number of azo groups is 1. The Morgan fingerprint density at radius 2 is 2.11 bits per heavy atom. The maximum absolute atomic E-state index is 4.09. The van der Waals surface area contributed by atoms with Gasteiger partial charge in [-0.05, 0) is 5.41 Å². The molecule has 1 heterocycles. The standard InChI is InChI=1S/C6H12N2S/c1-6(2,3)5-8-7-4-9-5/h5H,4H2,1-3H3. The summed E-state index contributed by atoms with van der Waals surface area (Å²) in [6.45, 7) is 6.57. The van der Waals surface area contributed by atoms with Crippen LogP contribution in [-0.4, -0.2) is 11.3 Å². The Kier molecular flexibility index (Phi) is 1.80. The normalized spacial score (nSPS) is 27.2. The van der Waals surface area contributed by atoms with Crippen LogP contribution in [0.15, 0.2) is 10.2 Å². The molecule has 1 aliphatic heterocycles. The predicted octanol–water partition coefficient (Wildman–Crippen LogP) is 2.52. The quantitative estimate of drug-likeness (QED) is 0.512. The third-order valence-corrected chi connectivity index (χ3v) is 2.60. The van der Waals surface area contributed by atoms with Gasteiger partial charge in [0.1, 0.15) is 11.3 Å². The fourth-order valence-electron chi connectivity index (χ4n) is 0.668. The molecular formula is C6H12N2S. The largest absolute Gasteiger partial charge is 0.182 e. The molecule has 52 valence electrons. The zero-order valence-corrected chi connectivity index (χ0v) is 6.90. The Labute approximate surface area is 60.1 Å². The minimum absolute atomic E-state index is 0.282. The molecule has 0 saturated carbocycles. The Balaban J connectivity index is 2.53. The van der Waals surface area contributed by atoms with Gasteiger partial charge in [0, 0.05) is 0 Å². The van der Waals surface area contributed by atoms with Gasteiger partial charge in [0.15, 0.2) is 0 Å². The van der Waals surface area contributed by atoms with Crippen molar-refractivity contribution in [2.24, 2.45) is 15.6 Å². The molecule has 0 aromatic carbocycles. The van der Waals surface area contributed by atoms with Gasteiger partial charge >= 0.3 is 0 Å². The van der Waals surface area contributed by atoms with Gasteiger partial charge < -0.3 is 0 Å². The first-order valence-electron chi connectivity index (χ1n) is 3.09. The molecule has 1 atom stereocenters. The van der Waals surface area contributed by atoms with E-state index in [0.29, 0.717) is 5.37 Å². The first-order chi connectivity index (χ1) is 4.11. The Morgan fingerprint density at radius 1 is 1.44 bits per heavy atom. The highest BCUT2D eigenvalue weighted by atomic mass is 32.2. The van der Waals surface area contributed by atoms with Crippen LogP contribution in [0.1, 0.15) is 20.8 Å². The molecule has 1 unspecified atom stereocenters. The van der Waals surface area contributed by atoms with Crippen molar-refractivity contribution in [1.82, 2.24) is 0 Å².